The number of carbonyl (C=O) groups is 1. The molecule has 138 valence electrons. The van der Waals surface area contributed by atoms with Crippen LogP contribution in [0.25, 0.3) is 0 Å². The van der Waals surface area contributed by atoms with Crippen molar-refractivity contribution in [2.75, 3.05) is 13.1 Å². The lowest BCUT2D eigenvalue weighted by atomic mass is 9.97. The predicted octanol–water partition coefficient (Wildman–Crippen LogP) is 3.86. The zero-order valence-corrected chi connectivity index (χ0v) is 14.0. The van der Waals surface area contributed by atoms with Crippen molar-refractivity contribution in [1.82, 2.24) is 9.88 Å². The Hall–Kier alpha value is -2.41. The number of aromatic carboxylic acids is 1. The summed E-state index contributed by atoms with van der Waals surface area (Å²) in [5.41, 5.74) is 1.16. The van der Waals surface area contributed by atoms with Gasteiger partial charge in [-0.15, -0.1) is 0 Å². The van der Waals surface area contributed by atoms with Gasteiger partial charge in [0.2, 0.25) is 0 Å². The van der Waals surface area contributed by atoms with Crippen LogP contribution in [0, 0.1) is 5.92 Å². The molecule has 1 N–H and O–H groups in total. The van der Waals surface area contributed by atoms with Crippen molar-refractivity contribution in [1.29, 1.82) is 0 Å². The molecule has 1 aliphatic rings. The molecule has 1 unspecified atom stereocenters. The zero-order valence-electron chi connectivity index (χ0n) is 14.0. The number of carboxylic acid groups (broad SMARTS) is 1. The number of nitrogens with zero attached hydrogens (tertiary/aromatic N) is 2. The van der Waals surface area contributed by atoms with Crippen LogP contribution in [-0.2, 0) is 19.1 Å². The molecule has 1 aromatic carbocycles. The largest absolute Gasteiger partial charge is 0.478 e. The summed E-state index contributed by atoms with van der Waals surface area (Å²) in [6, 6.07) is 9.43. The first-order chi connectivity index (χ1) is 12.3. The first kappa shape index (κ1) is 18.4. The highest BCUT2D eigenvalue weighted by molar-refractivity contribution is 5.87. The standard InChI is InChI=1S/C19H19F3N2O2/c20-19(21,22)17-5-4-15(10-23-17)12-24-7-6-14(11-24)8-13-2-1-3-16(9-13)18(25)26/h1-5,9-10,14H,6-8,11-12H2,(H,25,26). The van der Waals surface area contributed by atoms with E-state index < -0.39 is 17.8 Å². The molecule has 1 atom stereocenters. The zero-order chi connectivity index (χ0) is 18.7. The van der Waals surface area contributed by atoms with Crippen LogP contribution in [-0.4, -0.2) is 34.0 Å². The minimum atomic E-state index is -4.41. The van der Waals surface area contributed by atoms with E-state index in [0.29, 0.717) is 12.5 Å². The number of alkyl halides is 3. The van der Waals surface area contributed by atoms with Crippen molar-refractivity contribution >= 4 is 5.97 Å². The van der Waals surface area contributed by atoms with Crippen LogP contribution in [0.2, 0.25) is 0 Å². The van der Waals surface area contributed by atoms with Gasteiger partial charge in [0.15, 0.2) is 0 Å². The summed E-state index contributed by atoms with van der Waals surface area (Å²) in [5.74, 6) is -0.531. The first-order valence-corrected chi connectivity index (χ1v) is 8.38. The Bertz CT molecular complexity index is 775. The molecule has 4 nitrogen and oxygen atoms in total. The maximum atomic E-state index is 12.6. The molecule has 1 aromatic heterocycles. The number of rotatable bonds is 5. The third-order valence-electron chi connectivity index (χ3n) is 4.59. The minimum absolute atomic E-state index is 0.285. The van der Waals surface area contributed by atoms with Crippen LogP contribution in [0.4, 0.5) is 13.2 Å². The monoisotopic (exact) mass is 364 g/mol. The fraction of sp³-hybridized carbons (Fsp3) is 0.368. The highest BCUT2D eigenvalue weighted by Gasteiger charge is 2.32. The number of hydrogen-bond donors (Lipinski definition) is 1. The minimum Gasteiger partial charge on any atom is -0.478 e. The molecule has 0 spiro atoms. The van der Waals surface area contributed by atoms with Crippen molar-refractivity contribution in [2.45, 2.75) is 25.6 Å². The topological polar surface area (TPSA) is 53.4 Å². The van der Waals surface area contributed by atoms with E-state index in [-0.39, 0.29) is 5.56 Å². The first-order valence-electron chi connectivity index (χ1n) is 8.38. The molecule has 0 amide bonds. The molecule has 1 aliphatic heterocycles. The molecule has 0 saturated carbocycles. The average molecular weight is 364 g/mol. The van der Waals surface area contributed by atoms with Gasteiger partial charge in [0.25, 0.3) is 0 Å². The lowest BCUT2D eigenvalue weighted by Gasteiger charge is -2.16. The number of halogens is 3. The summed E-state index contributed by atoms with van der Waals surface area (Å²) in [5, 5.41) is 9.06. The van der Waals surface area contributed by atoms with E-state index in [1.54, 1.807) is 18.2 Å². The van der Waals surface area contributed by atoms with Gasteiger partial charge in [-0.1, -0.05) is 18.2 Å². The molecule has 7 heteroatoms. The summed E-state index contributed by atoms with van der Waals surface area (Å²) >= 11 is 0. The third kappa shape index (κ3) is 4.60. The molecule has 2 heterocycles. The van der Waals surface area contributed by atoms with Crippen LogP contribution in [0.15, 0.2) is 42.6 Å². The Kier molecular flexibility index (Phi) is 5.27. The number of hydrogen-bond acceptors (Lipinski definition) is 3. The Labute approximate surface area is 149 Å². The van der Waals surface area contributed by atoms with E-state index in [1.165, 1.54) is 12.3 Å². The summed E-state index contributed by atoms with van der Waals surface area (Å²) in [6.07, 6.45) is -1.36. The number of carboxylic acids is 1. The van der Waals surface area contributed by atoms with E-state index in [9.17, 15) is 18.0 Å². The maximum Gasteiger partial charge on any atom is 0.433 e. The van der Waals surface area contributed by atoms with E-state index >= 15 is 0 Å². The van der Waals surface area contributed by atoms with Crippen molar-refractivity contribution in [3.8, 4) is 0 Å². The van der Waals surface area contributed by atoms with Crippen molar-refractivity contribution in [3.05, 3.63) is 65.0 Å². The molecular weight excluding hydrogens is 345 g/mol. The van der Waals surface area contributed by atoms with Crippen LogP contribution in [0.3, 0.4) is 0 Å². The SMILES string of the molecule is O=C(O)c1cccc(CC2CCN(Cc3ccc(C(F)(F)F)nc3)C2)c1. The highest BCUT2D eigenvalue weighted by atomic mass is 19.4. The second-order valence-corrected chi connectivity index (χ2v) is 6.65. The number of pyridine rings is 1. The summed E-state index contributed by atoms with van der Waals surface area (Å²) < 4.78 is 37.7. The molecule has 0 bridgehead atoms. The van der Waals surface area contributed by atoms with Crippen LogP contribution in [0.5, 0.6) is 0 Å². The van der Waals surface area contributed by atoms with E-state index in [2.05, 4.69) is 9.88 Å². The molecule has 0 aliphatic carbocycles. The molecular formula is C19H19F3N2O2. The second kappa shape index (κ2) is 7.45. The molecule has 26 heavy (non-hydrogen) atoms. The summed E-state index contributed by atoms with van der Waals surface area (Å²) in [4.78, 5) is 16.7. The fourth-order valence-corrected chi connectivity index (χ4v) is 3.33. The molecule has 3 rings (SSSR count). The Morgan fingerprint density at radius 1 is 1.23 bits per heavy atom. The van der Waals surface area contributed by atoms with Gasteiger partial charge in [0.05, 0.1) is 5.56 Å². The molecule has 2 aromatic rings. The summed E-state index contributed by atoms with van der Waals surface area (Å²) in [7, 11) is 0. The van der Waals surface area contributed by atoms with E-state index in [1.807, 2.05) is 6.07 Å². The van der Waals surface area contributed by atoms with Gasteiger partial charge in [-0.05, 0) is 54.6 Å². The normalized spacial score (nSPS) is 18.2. The highest BCUT2D eigenvalue weighted by Crippen LogP contribution is 2.28. The smallest absolute Gasteiger partial charge is 0.433 e. The van der Waals surface area contributed by atoms with Crippen LogP contribution >= 0.6 is 0 Å². The lowest BCUT2D eigenvalue weighted by molar-refractivity contribution is -0.141. The van der Waals surface area contributed by atoms with Gasteiger partial charge in [-0.2, -0.15) is 13.2 Å². The predicted molar refractivity (Wildman–Crippen MR) is 89.7 cm³/mol. The van der Waals surface area contributed by atoms with Crippen LogP contribution in [0.1, 0.15) is 33.6 Å². The average Bonchev–Trinajstić information content (AvgIpc) is 3.01. The van der Waals surface area contributed by atoms with Crippen molar-refractivity contribution in [3.63, 3.8) is 0 Å². The second-order valence-electron chi connectivity index (χ2n) is 6.65. The lowest BCUT2D eigenvalue weighted by Crippen LogP contribution is -2.21. The van der Waals surface area contributed by atoms with Gasteiger partial charge in [-0.3, -0.25) is 9.88 Å². The van der Waals surface area contributed by atoms with Crippen LogP contribution < -0.4 is 0 Å². The summed E-state index contributed by atoms with van der Waals surface area (Å²) in [6.45, 7) is 2.26. The van der Waals surface area contributed by atoms with Gasteiger partial charge >= 0.3 is 12.1 Å². The molecule has 1 saturated heterocycles. The molecule has 0 radical (unpaired) electrons. The van der Waals surface area contributed by atoms with Crippen molar-refractivity contribution < 1.29 is 23.1 Å². The fourth-order valence-electron chi connectivity index (χ4n) is 3.33. The number of benzene rings is 1. The quantitative estimate of drug-likeness (QED) is 0.875. The Morgan fingerprint density at radius 2 is 2.04 bits per heavy atom. The van der Waals surface area contributed by atoms with Gasteiger partial charge in [0.1, 0.15) is 5.69 Å². The van der Waals surface area contributed by atoms with Gasteiger partial charge in [-0.25, -0.2) is 4.79 Å². The van der Waals surface area contributed by atoms with Gasteiger partial charge in [0, 0.05) is 19.3 Å². The maximum absolute atomic E-state index is 12.6. The van der Waals surface area contributed by atoms with E-state index in [4.69, 9.17) is 5.11 Å². The third-order valence-corrected chi connectivity index (χ3v) is 4.59. The Morgan fingerprint density at radius 3 is 2.69 bits per heavy atom. The Balaban J connectivity index is 1.55. The number of aromatic nitrogens is 1. The van der Waals surface area contributed by atoms with E-state index in [0.717, 1.165) is 43.1 Å². The number of likely N-dealkylation sites (tertiary alicyclic amines) is 1. The van der Waals surface area contributed by atoms with Crippen molar-refractivity contribution in [2.24, 2.45) is 5.92 Å². The molecule has 1 fully saturated rings. The van der Waals surface area contributed by atoms with Gasteiger partial charge < -0.3 is 5.11 Å².